The van der Waals surface area contributed by atoms with E-state index in [0.717, 1.165) is 45.2 Å². The summed E-state index contributed by atoms with van der Waals surface area (Å²) in [5.74, 6) is 1.52. The number of hydrogen-bond acceptors (Lipinski definition) is 3. The summed E-state index contributed by atoms with van der Waals surface area (Å²) in [5, 5.41) is 3.55. The molecule has 1 aromatic carbocycles. The van der Waals surface area contributed by atoms with Gasteiger partial charge in [-0.25, -0.2) is 4.39 Å². The summed E-state index contributed by atoms with van der Waals surface area (Å²) in [6.07, 6.45) is 2.57. The highest BCUT2D eigenvalue weighted by molar-refractivity contribution is 14.0. The van der Waals surface area contributed by atoms with Crippen LogP contribution < -0.4 is 10.2 Å². The smallest absolute Gasteiger partial charge is 0.193 e. The van der Waals surface area contributed by atoms with E-state index in [-0.39, 0.29) is 29.8 Å². The van der Waals surface area contributed by atoms with Gasteiger partial charge in [0.05, 0.1) is 5.69 Å². The Hall–Kier alpha value is -1.09. The number of rotatable bonds is 3. The largest absolute Gasteiger partial charge is 0.366 e. The maximum atomic E-state index is 14.0. The Bertz CT molecular complexity index is 589. The second-order valence-electron chi connectivity index (χ2n) is 7.12. The molecule has 26 heavy (non-hydrogen) atoms. The van der Waals surface area contributed by atoms with Crippen LogP contribution in [0.1, 0.15) is 12.8 Å². The third-order valence-electron chi connectivity index (χ3n) is 5.26. The zero-order valence-corrected chi connectivity index (χ0v) is 18.2. The summed E-state index contributed by atoms with van der Waals surface area (Å²) in [5.41, 5.74) is 0.704. The molecule has 1 atom stereocenters. The summed E-state index contributed by atoms with van der Waals surface area (Å²) in [7, 11) is 4.04. The Kier molecular flexibility index (Phi) is 8.40. The number of piperidine rings is 1. The van der Waals surface area contributed by atoms with Crippen LogP contribution in [-0.4, -0.2) is 75.7 Å². The number of para-hydroxylation sites is 1. The normalized spacial score (nSPS) is 22.1. The van der Waals surface area contributed by atoms with Gasteiger partial charge in [0.1, 0.15) is 5.82 Å². The van der Waals surface area contributed by atoms with Gasteiger partial charge in [0, 0.05) is 46.3 Å². The van der Waals surface area contributed by atoms with Crippen molar-refractivity contribution in [1.29, 1.82) is 0 Å². The fourth-order valence-corrected chi connectivity index (χ4v) is 3.88. The highest BCUT2D eigenvalue weighted by Gasteiger charge is 2.23. The minimum absolute atomic E-state index is 0. The number of likely N-dealkylation sites (tertiary alicyclic amines) is 1. The average Bonchev–Trinajstić information content (AvgIpc) is 2.63. The van der Waals surface area contributed by atoms with Crippen LogP contribution in [0.3, 0.4) is 0 Å². The lowest BCUT2D eigenvalue weighted by Crippen LogP contribution is -2.53. The number of nitrogens with zero attached hydrogens (tertiary/aromatic N) is 4. The predicted octanol–water partition coefficient (Wildman–Crippen LogP) is 2.48. The number of nitrogens with one attached hydrogen (secondary N) is 1. The molecule has 0 bridgehead atoms. The van der Waals surface area contributed by atoms with Crippen LogP contribution >= 0.6 is 24.0 Å². The van der Waals surface area contributed by atoms with Crippen molar-refractivity contribution < 1.29 is 4.39 Å². The van der Waals surface area contributed by atoms with Crippen LogP contribution in [0.15, 0.2) is 29.3 Å². The molecule has 0 aromatic heterocycles. The first-order chi connectivity index (χ1) is 12.2. The summed E-state index contributed by atoms with van der Waals surface area (Å²) >= 11 is 0. The highest BCUT2D eigenvalue weighted by Crippen LogP contribution is 2.20. The van der Waals surface area contributed by atoms with Crippen molar-refractivity contribution in [2.75, 3.05) is 64.8 Å². The molecule has 7 heteroatoms. The molecule has 1 N–H and O–H groups in total. The number of benzene rings is 1. The Labute approximate surface area is 173 Å². The van der Waals surface area contributed by atoms with Crippen LogP contribution in [-0.2, 0) is 0 Å². The second kappa shape index (κ2) is 10.3. The number of aliphatic imine (C=N–C) groups is 1. The van der Waals surface area contributed by atoms with Gasteiger partial charge in [-0.2, -0.15) is 0 Å². The average molecular weight is 475 g/mol. The van der Waals surface area contributed by atoms with Gasteiger partial charge in [-0.3, -0.25) is 4.99 Å². The fourth-order valence-electron chi connectivity index (χ4n) is 3.88. The molecule has 2 fully saturated rings. The van der Waals surface area contributed by atoms with Crippen molar-refractivity contribution in [3.05, 3.63) is 30.1 Å². The van der Waals surface area contributed by atoms with Crippen LogP contribution in [0.2, 0.25) is 0 Å². The van der Waals surface area contributed by atoms with Gasteiger partial charge in [0.15, 0.2) is 5.96 Å². The van der Waals surface area contributed by atoms with E-state index in [2.05, 4.69) is 32.1 Å². The lowest BCUT2D eigenvalue weighted by Gasteiger charge is -2.38. The number of anilines is 1. The van der Waals surface area contributed by atoms with Gasteiger partial charge in [-0.15, -0.1) is 24.0 Å². The van der Waals surface area contributed by atoms with Crippen LogP contribution in [0.25, 0.3) is 0 Å². The van der Waals surface area contributed by atoms with Gasteiger partial charge in [-0.05, 0) is 44.5 Å². The molecule has 146 valence electrons. The molecular weight excluding hydrogens is 444 g/mol. The van der Waals surface area contributed by atoms with E-state index in [9.17, 15) is 4.39 Å². The zero-order chi connectivity index (χ0) is 17.6. The molecule has 1 unspecified atom stereocenters. The molecule has 5 nitrogen and oxygen atoms in total. The second-order valence-corrected chi connectivity index (χ2v) is 7.12. The van der Waals surface area contributed by atoms with E-state index in [1.165, 1.54) is 25.5 Å². The maximum Gasteiger partial charge on any atom is 0.193 e. The van der Waals surface area contributed by atoms with Crippen molar-refractivity contribution in [1.82, 2.24) is 15.1 Å². The first-order valence-corrected chi connectivity index (χ1v) is 9.31. The van der Waals surface area contributed by atoms with Crippen LogP contribution in [0.5, 0.6) is 0 Å². The van der Waals surface area contributed by atoms with Crippen molar-refractivity contribution in [2.45, 2.75) is 12.8 Å². The van der Waals surface area contributed by atoms with Gasteiger partial charge in [0.2, 0.25) is 0 Å². The van der Waals surface area contributed by atoms with E-state index >= 15 is 0 Å². The lowest BCUT2D eigenvalue weighted by molar-refractivity contribution is 0.209. The van der Waals surface area contributed by atoms with E-state index < -0.39 is 0 Å². The lowest BCUT2D eigenvalue weighted by atomic mass is 9.98. The Morgan fingerprint density at radius 1 is 1.19 bits per heavy atom. The highest BCUT2D eigenvalue weighted by atomic mass is 127. The molecule has 3 rings (SSSR count). The van der Waals surface area contributed by atoms with Crippen molar-refractivity contribution in [3.63, 3.8) is 0 Å². The number of halogens is 2. The van der Waals surface area contributed by atoms with Crippen molar-refractivity contribution in [3.8, 4) is 0 Å². The molecule has 0 aliphatic carbocycles. The van der Waals surface area contributed by atoms with E-state index in [0.29, 0.717) is 11.6 Å². The summed E-state index contributed by atoms with van der Waals surface area (Å²) < 4.78 is 14.0. The van der Waals surface area contributed by atoms with Crippen molar-refractivity contribution in [2.24, 2.45) is 10.9 Å². The first kappa shape index (κ1) is 21.2. The number of guanidine groups is 1. The fraction of sp³-hybridized carbons (Fsp3) is 0.632. The van der Waals surface area contributed by atoms with E-state index in [4.69, 9.17) is 0 Å². The molecule has 2 aliphatic rings. The summed E-state index contributed by atoms with van der Waals surface area (Å²) in [6.45, 7) is 6.69. The standard InChI is InChI=1S/C19H30FN5.HI/c1-21-19(22-14-16-6-5-9-23(2)15-16)25-12-10-24(11-13-25)18-8-4-3-7-17(18)20;/h3-4,7-8,16H,5-6,9-15H2,1-2H3,(H,21,22);1H. The number of hydrogen-bond donors (Lipinski definition) is 1. The van der Waals surface area contributed by atoms with E-state index in [1.54, 1.807) is 6.07 Å². The van der Waals surface area contributed by atoms with Gasteiger partial charge < -0.3 is 20.0 Å². The van der Waals surface area contributed by atoms with Gasteiger partial charge >= 0.3 is 0 Å². The third-order valence-corrected chi connectivity index (χ3v) is 5.26. The monoisotopic (exact) mass is 475 g/mol. The number of piperazine rings is 1. The molecule has 2 heterocycles. The minimum Gasteiger partial charge on any atom is -0.366 e. The van der Waals surface area contributed by atoms with Gasteiger partial charge in [-0.1, -0.05) is 12.1 Å². The van der Waals surface area contributed by atoms with Crippen LogP contribution in [0, 0.1) is 11.7 Å². The molecule has 1 aromatic rings. The predicted molar refractivity (Wildman–Crippen MR) is 117 cm³/mol. The minimum atomic E-state index is -0.139. The quantitative estimate of drug-likeness (QED) is 0.414. The molecule has 0 amide bonds. The third kappa shape index (κ3) is 5.45. The Morgan fingerprint density at radius 2 is 1.92 bits per heavy atom. The zero-order valence-electron chi connectivity index (χ0n) is 15.8. The van der Waals surface area contributed by atoms with E-state index in [1.807, 2.05) is 19.2 Å². The molecule has 2 saturated heterocycles. The molecule has 2 aliphatic heterocycles. The Balaban J connectivity index is 0.00000243. The topological polar surface area (TPSA) is 34.1 Å². The van der Waals surface area contributed by atoms with Crippen molar-refractivity contribution >= 4 is 35.6 Å². The molecule has 0 saturated carbocycles. The molecule has 0 radical (unpaired) electrons. The molecular formula is C19H31FIN5. The van der Waals surface area contributed by atoms with Crippen LogP contribution in [0.4, 0.5) is 10.1 Å². The Morgan fingerprint density at radius 3 is 2.58 bits per heavy atom. The van der Waals surface area contributed by atoms with Gasteiger partial charge in [0.25, 0.3) is 0 Å². The SMILES string of the molecule is CN=C(NCC1CCCN(C)C1)N1CCN(c2ccccc2F)CC1.I. The maximum absolute atomic E-state index is 14.0. The summed E-state index contributed by atoms with van der Waals surface area (Å²) in [4.78, 5) is 11.3. The molecule has 0 spiro atoms. The first-order valence-electron chi connectivity index (χ1n) is 9.31. The summed E-state index contributed by atoms with van der Waals surface area (Å²) in [6, 6.07) is 7.02.